The molecule has 0 unspecified atom stereocenters. The van der Waals surface area contributed by atoms with Gasteiger partial charge in [-0.25, -0.2) is 9.97 Å². The first kappa shape index (κ1) is 14.5. The standard InChI is InChI=1S/C15H23N5/c1-7-16-13-10(2)12(11-8-9-17-20(11)6)18-14(19-13)15(3,4)5/h8-9H,7H2,1-6H3,(H,16,18,19). The number of aryl methyl sites for hydroxylation is 1. The van der Waals surface area contributed by atoms with Gasteiger partial charge in [0.2, 0.25) is 0 Å². The first-order chi connectivity index (χ1) is 9.34. The first-order valence-corrected chi connectivity index (χ1v) is 6.96. The van der Waals surface area contributed by atoms with Gasteiger partial charge in [-0.2, -0.15) is 5.10 Å². The Morgan fingerprint density at radius 2 is 1.95 bits per heavy atom. The van der Waals surface area contributed by atoms with Crippen molar-refractivity contribution in [1.29, 1.82) is 0 Å². The Hall–Kier alpha value is -1.91. The minimum Gasteiger partial charge on any atom is -0.370 e. The highest BCUT2D eigenvalue weighted by atomic mass is 15.3. The fourth-order valence-electron chi connectivity index (χ4n) is 2.05. The van der Waals surface area contributed by atoms with Crippen LogP contribution in [0.15, 0.2) is 12.3 Å². The molecule has 0 saturated heterocycles. The molecule has 0 aliphatic heterocycles. The molecular formula is C15H23N5. The van der Waals surface area contributed by atoms with E-state index in [0.29, 0.717) is 0 Å². The van der Waals surface area contributed by atoms with Gasteiger partial charge >= 0.3 is 0 Å². The van der Waals surface area contributed by atoms with Gasteiger partial charge in [-0.05, 0) is 19.9 Å². The normalized spacial score (nSPS) is 11.7. The molecule has 0 aromatic carbocycles. The van der Waals surface area contributed by atoms with Crippen LogP contribution in [0.3, 0.4) is 0 Å². The third kappa shape index (κ3) is 2.66. The van der Waals surface area contributed by atoms with Crippen molar-refractivity contribution in [3.8, 4) is 11.4 Å². The maximum absolute atomic E-state index is 4.78. The molecule has 108 valence electrons. The number of anilines is 1. The molecule has 0 fully saturated rings. The zero-order valence-electron chi connectivity index (χ0n) is 13.2. The molecule has 0 spiro atoms. The summed E-state index contributed by atoms with van der Waals surface area (Å²) in [5.74, 6) is 1.75. The van der Waals surface area contributed by atoms with Crippen molar-refractivity contribution in [2.75, 3.05) is 11.9 Å². The van der Waals surface area contributed by atoms with E-state index >= 15 is 0 Å². The molecule has 0 radical (unpaired) electrons. The molecule has 0 atom stereocenters. The number of aromatic nitrogens is 4. The van der Waals surface area contributed by atoms with Crippen molar-refractivity contribution < 1.29 is 0 Å². The summed E-state index contributed by atoms with van der Waals surface area (Å²) in [6, 6.07) is 1.98. The molecule has 0 aliphatic carbocycles. The van der Waals surface area contributed by atoms with Crippen LogP contribution in [0.5, 0.6) is 0 Å². The minimum absolute atomic E-state index is 0.0920. The van der Waals surface area contributed by atoms with Gasteiger partial charge in [0.15, 0.2) is 0 Å². The Balaban J connectivity index is 2.67. The van der Waals surface area contributed by atoms with Crippen molar-refractivity contribution in [2.24, 2.45) is 7.05 Å². The molecule has 0 aliphatic rings. The largest absolute Gasteiger partial charge is 0.370 e. The predicted molar refractivity (Wildman–Crippen MR) is 81.8 cm³/mol. The van der Waals surface area contributed by atoms with Gasteiger partial charge < -0.3 is 5.32 Å². The lowest BCUT2D eigenvalue weighted by atomic mass is 9.95. The zero-order valence-corrected chi connectivity index (χ0v) is 13.2. The van der Waals surface area contributed by atoms with Crippen LogP contribution in [0.2, 0.25) is 0 Å². The summed E-state index contributed by atoms with van der Waals surface area (Å²) in [4.78, 5) is 9.46. The Morgan fingerprint density at radius 3 is 2.45 bits per heavy atom. The highest BCUT2D eigenvalue weighted by Crippen LogP contribution is 2.29. The van der Waals surface area contributed by atoms with E-state index in [4.69, 9.17) is 4.98 Å². The smallest absolute Gasteiger partial charge is 0.136 e. The zero-order chi connectivity index (χ0) is 14.9. The summed E-state index contributed by atoms with van der Waals surface area (Å²) in [6.45, 7) is 11.3. The van der Waals surface area contributed by atoms with Crippen LogP contribution in [0.1, 0.15) is 39.1 Å². The first-order valence-electron chi connectivity index (χ1n) is 6.96. The van der Waals surface area contributed by atoms with Crippen LogP contribution in [0.25, 0.3) is 11.4 Å². The van der Waals surface area contributed by atoms with Gasteiger partial charge in [-0.3, -0.25) is 4.68 Å². The summed E-state index contributed by atoms with van der Waals surface area (Å²) < 4.78 is 1.84. The second-order valence-electron chi connectivity index (χ2n) is 5.99. The van der Waals surface area contributed by atoms with Gasteiger partial charge in [0.25, 0.3) is 0 Å². The molecule has 2 rings (SSSR count). The Kier molecular flexibility index (Phi) is 3.79. The average molecular weight is 273 g/mol. The Morgan fingerprint density at radius 1 is 1.25 bits per heavy atom. The van der Waals surface area contributed by atoms with E-state index in [-0.39, 0.29) is 5.41 Å². The van der Waals surface area contributed by atoms with Crippen LogP contribution in [0.4, 0.5) is 5.82 Å². The van der Waals surface area contributed by atoms with E-state index in [1.54, 1.807) is 6.20 Å². The summed E-state index contributed by atoms with van der Waals surface area (Å²) in [5.41, 5.74) is 2.92. The van der Waals surface area contributed by atoms with Crippen molar-refractivity contribution >= 4 is 5.82 Å². The van der Waals surface area contributed by atoms with Gasteiger partial charge in [-0.15, -0.1) is 0 Å². The van der Waals surface area contributed by atoms with Gasteiger partial charge in [0.05, 0.1) is 11.4 Å². The molecule has 1 N–H and O–H groups in total. The highest BCUT2D eigenvalue weighted by Gasteiger charge is 2.22. The molecule has 5 nitrogen and oxygen atoms in total. The van der Waals surface area contributed by atoms with Crippen LogP contribution < -0.4 is 5.32 Å². The quantitative estimate of drug-likeness (QED) is 0.934. The minimum atomic E-state index is -0.0920. The SMILES string of the molecule is CCNc1nc(C(C)(C)C)nc(-c2ccnn2C)c1C. The van der Waals surface area contributed by atoms with Gasteiger partial charge in [0.1, 0.15) is 11.6 Å². The van der Waals surface area contributed by atoms with Crippen LogP contribution in [-0.2, 0) is 12.5 Å². The van der Waals surface area contributed by atoms with Crippen molar-refractivity contribution in [3.63, 3.8) is 0 Å². The molecule has 2 aromatic heterocycles. The topological polar surface area (TPSA) is 55.6 Å². The molecule has 0 saturated carbocycles. The molecule has 20 heavy (non-hydrogen) atoms. The van der Waals surface area contributed by atoms with E-state index < -0.39 is 0 Å². The third-order valence-electron chi connectivity index (χ3n) is 3.22. The monoisotopic (exact) mass is 273 g/mol. The lowest BCUT2D eigenvalue weighted by molar-refractivity contribution is 0.545. The molecule has 0 bridgehead atoms. The van der Waals surface area contributed by atoms with Crippen molar-refractivity contribution in [3.05, 3.63) is 23.7 Å². The van der Waals surface area contributed by atoms with E-state index in [2.05, 4.69) is 43.1 Å². The molecular weight excluding hydrogens is 250 g/mol. The Labute approximate surface area is 120 Å². The fraction of sp³-hybridized carbons (Fsp3) is 0.533. The summed E-state index contributed by atoms with van der Waals surface area (Å²) in [6.07, 6.45) is 1.79. The second kappa shape index (κ2) is 5.23. The van der Waals surface area contributed by atoms with Gasteiger partial charge in [0, 0.05) is 30.8 Å². The van der Waals surface area contributed by atoms with Crippen LogP contribution >= 0.6 is 0 Å². The summed E-state index contributed by atoms with van der Waals surface area (Å²) in [5, 5.41) is 7.57. The molecule has 5 heteroatoms. The summed E-state index contributed by atoms with van der Waals surface area (Å²) >= 11 is 0. The number of nitrogens with zero attached hydrogens (tertiary/aromatic N) is 4. The van der Waals surface area contributed by atoms with E-state index in [0.717, 1.165) is 35.1 Å². The van der Waals surface area contributed by atoms with Crippen molar-refractivity contribution in [2.45, 2.75) is 40.0 Å². The molecule has 2 heterocycles. The number of hydrogen-bond donors (Lipinski definition) is 1. The van der Waals surface area contributed by atoms with Gasteiger partial charge in [-0.1, -0.05) is 20.8 Å². The third-order valence-corrected chi connectivity index (χ3v) is 3.22. The van der Waals surface area contributed by atoms with E-state index in [9.17, 15) is 0 Å². The number of rotatable bonds is 3. The Bertz CT molecular complexity index is 607. The lowest BCUT2D eigenvalue weighted by Gasteiger charge is -2.20. The predicted octanol–water partition coefficient (Wildman–Crippen LogP) is 2.91. The van der Waals surface area contributed by atoms with Crippen LogP contribution in [-0.4, -0.2) is 26.3 Å². The maximum Gasteiger partial charge on any atom is 0.136 e. The molecule has 0 amide bonds. The maximum atomic E-state index is 4.78. The van der Waals surface area contributed by atoms with E-state index in [1.165, 1.54) is 0 Å². The fourth-order valence-corrected chi connectivity index (χ4v) is 2.05. The van der Waals surface area contributed by atoms with Crippen molar-refractivity contribution in [1.82, 2.24) is 19.7 Å². The average Bonchev–Trinajstić information content (AvgIpc) is 2.77. The lowest BCUT2D eigenvalue weighted by Crippen LogP contribution is -2.19. The second-order valence-corrected chi connectivity index (χ2v) is 5.99. The van der Waals surface area contributed by atoms with E-state index in [1.807, 2.05) is 24.7 Å². The summed E-state index contributed by atoms with van der Waals surface area (Å²) in [7, 11) is 1.93. The highest BCUT2D eigenvalue weighted by molar-refractivity contribution is 5.65. The molecule has 2 aromatic rings. The van der Waals surface area contributed by atoms with Crippen LogP contribution in [0, 0.1) is 6.92 Å². The number of hydrogen-bond acceptors (Lipinski definition) is 4. The number of nitrogens with one attached hydrogen (secondary N) is 1.